The Morgan fingerprint density at radius 1 is 1.31 bits per heavy atom. The highest BCUT2D eigenvalue weighted by atomic mass is 35.5. The van der Waals surface area contributed by atoms with Crippen molar-refractivity contribution in [2.45, 2.75) is 38.0 Å². The second kappa shape index (κ2) is 6.82. The molecule has 5 heteroatoms. The lowest BCUT2D eigenvalue weighted by Crippen LogP contribution is -2.33. The van der Waals surface area contributed by atoms with Gasteiger partial charge in [-0.05, 0) is 25.3 Å². The van der Waals surface area contributed by atoms with E-state index < -0.39 is 9.84 Å². The Balaban J connectivity index is 2.15. The average molecular weight is 268 g/mol. The highest BCUT2D eigenvalue weighted by Gasteiger charge is 2.22. The minimum Gasteiger partial charge on any atom is -0.315 e. The maximum absolute atomic E-state index is 11.2. The van der Waals surface area contributed by atoms with E-state index >= 15 is 0 Å². The maximum Gasteiger partial charge on any atom is 0.151 e. The molecule has 96 valence electrons. The van der Waals surface area contributed by atoms with Crippen molar-refractivity contribution in [2.24, 2.45) is 5.92 Å². The Hall–Kier alpha value is 0.200. The Kier molecular flexibility index (Phi) is 6.08. The third kappa shape index (κ3) is 5.02. The normalized spacial score (nSPS) is 26.9. The molecule has 0 amide bonds. The molecular weight excluding hydrogens is 246 g/mol. The van der Waals surface area contributed by atoms with Crippen LogP contribution < -0.4 is 5.32 Å². The van der Waals surface area contributed by atoms with Crippen LogP contribution >= 0.6 is 11.6 Å². The lowest BCUT2D eigenvalue weighted by Gasteiger charge is -2.27. The van der Waals surface area contributed by atoms with Crippen molar-refractivity contribution in [3.05, 3.63) is 0 Å². The molecule has 1 N–H and O–H groups in total. The molecule has 1 fully saturated rings. The van der Waals surface area contributed by atoms with Gasteiger partial charge in [-0.3, -0.25) is 0 Å². The summed E-state index contributed by atoms with van der Waals surface area (Å²) in [6.45, 7) is 3.09. The molecule has 2 atom stereocenters. The molecule has 0 aromatic heterocycles. The summed E-state index contributed by atoms with van der Waals surface area (Å²) in [4.78, 5) is 0. The lowest BCUT2D eigenvalue weighted by molar-refractivity contribution is 0.351. The number of nitrogens with one attached hydrogen (secondary N) is 1. The van der Waals surface area contributed by atoms with Crippen molar-refractivity contribution < 1.29 is 8.42 Å². The second-order valence-electron chi connectivity index (χ2n) is 4.50. The van der Waals surface area contributed by atoms with Crippen LogP contribution in [0.15, 0.2) is 0 Å². The molecule has 0 heterocycles. The molecule has 0 radical (unpaired) electrons. The van der Waals surface area contributed by atoms with Crippen molar-refractivity contribution in [2.75, 3.05) is 24.6 Å². The van der Waals surface area contributed by atoms with Gasteiger partial charge in [-0.15, -0.1) is 11.6 Å². The molecule has 16 heavy (non-hydrogen) atoms. The second-order valence-corrected chi connectivity index (χ2v) is 7.53. The average Bonchev–Trinajstić information content (AvgIpc) is 2.27. The largest absolute Gasteiger partial charge is 0.315 e. The summed E-state index contributed by atoms with van der Waals surface area (Å²) in [6.07, 6.45) is 4.75. The van der Waals surface area contributed by atoms with Gasteiger partial charge in [0.15, 0.2) is 9.84 Å². The Morgan fingerprint density at radius 3 is 2.62 bits per heavy atom. The Morgan fingerprint density at radius 2 is 2.00 bits per heavy atom. The van der Waals surface area contributed by atoms with Crippen molar-refractivity contribution in [3.8, 4) is 0 Å². The van der Waals surface area contributed by atoms with Crippen molar-refractivity contribution in [1.29, 1.82) is 0 Å². The summed E-state index contributed by atoms with van der Waals surface area (Å²) in [5.74, 6) is 0.985. The molecule has 2 unspecified atom stereocenters. The van der Waals surface area contributed by atoms with E-state index in [9.17, 15) is 8.42 Å². The molecule has 1 saturated carbocycles. The van der Waals surface area contributed by atoms with Gasteiger partial charge in [-0.25, -0.2) is 8.42 Å². The molecule has 0 aliphatic heterocycles. The zero-order valence-corrected chi connectivity index (χ0v) is 11.5. The van der Waals surface area contributed by atoms with Crippen LogP contribution in [0.1, 0.15) is 32.6 Å². The van der Waals surface area contributed by atoms with E-state index in [1.807, 2.05) is 0 Å². The van der Waals surface area contributed by atoms with Gasteiger partial charge in [0, 0.05) is 17.7 Å². The summed E-state index contributed by atoms with van der Waals surface area (Å²) in [7, 11) is -2.83. The van der Waals surface area contributed by atoms with Crippen LogP contribution in [0.2, 0.25) is 0 Å². The van der Waals surface area contributed by atoms with E-state index in [2.05, 4.69) is 5.32 Å². The molecule has 0 aromatic carbocycles. The van der Waals surface area contributed by atoms with Crippen LogP contribution in [0, 0.1) is 5.92 Å². The zero-order chi connectivity index (χ0) is 12.0. The van der Waals surface area contributed by atoms with Crippen LogP contribution in [0.25, 0.3) is 0 Å². The smallest absolute Gasteiger partial charge is 0.151 e. The SMILES string of the molecule is CCS(=O)(=O)CCNCC1CCCCC1Cl. The predicted octanol–water partition coefficient (Wildman–Crippen LogP) is 1.81. The van der Waals surface area contributed by atoms with Crippen LogP contribution in [0.3, 0.4) is 0 Å². The fourth-order valence-electron chi connectivity index (χ4n) is 2.05. The summed E-state index contributed by atoms with van der Waals surface area (Å²) in [5.41, 5.74) is 0. The quantitative estimate of drug-likeness (QED) is 0.590. The number of rotatable bonds is 6. The third-order valence-corrected chi connectivity index (χ3v) is 5.53. The van der Waals surface area contributed by atoms with E-state index in [4.69, 9.17) is 11.6 Å². The molecule has 1 aliphatic carbocycles. The summed E-state index contributed by atoms with van der Waals surface area (Å²) >= 11 is 6.22. The number of hydrogen-bond acceptors (Lipinski definition) is 3. The molecule has 0 bridgehead atoms. The van der Waals surface area contributed by atoms with Gasteiger partial charge < -0.3 is 5.32 Å². The van der Waals surface area contributed by atoms with Gasteiger partial charge in [0.25, 0.3) is 0 Å². The first-order valence-electron chi connectivity index (χ1n) is 6.10. The maximum atomic E-state index is 11.2. The van der Waals surface area contributed by atoms with Gasteiger partial charge in [0.05, 0.1) is 5.75 Å². The number of alkyl halides is 1. The predicted molar refractivity (Wildman–Crippen MR) is 68.8 cm³/mol. The van der Waals surface area contributed by atoms with Crippen molar-refractivity contribution in [3.63, 3.8) is 0 Å². The molecule has 3 nitrogen and oxygen atoms in total. The fourth-order valence-corrected chi connectivity index (χ4v) is 3.17. The van der Waals surface area contributed by atoms with E-state index in [1.165, 1.54) is 19.3 Å². The van der Waals surface area contributed by atoms with E-state index in [0.29, 0.717) is 12.5 Å². The first-order valence-corrected chi connectivity index (χ1v) is 8.36. The minimum absolute atomic E-state index is 0.232. The Bertz CT molecular complexity index is 292. The monoisotopic (exact) mass is 267 g/mol. The third-order valence-electron chi connectivity index (χ3n) is 3.25. The lowest BCUT2D eigenvalue weighted by atomic mass is 9.89. The van der Waals surface area contributed by atoms with Crippen LogP contribution in [-0.2, 0) is 9.84 Å². The van der Waals surface area contributed by atoms with Gasteiger partial charge in [-0.2, -0.15) is 0 Å². The first-order chi connectivity index (χ1) is 7.55. The van der Waals surface area contributed by atoms with Gasteiger partial charge in [0.1, 0.15) is 0 Å². The molecule has 0 saturated heterocycles. The zero-order valence-electron chi connectivity index (χ0n) is 9.91. The standard InChI is InChI=1S/C11H22ClNO2S/c1-2-16(14,15)8-7-13-9-10-5-3-4-6-11(10)12/h10-11,13H,2-9H2,1H3. The minimum atomic E-state index is -2.83. The highest BCUT2D eigenvalue weighted by molar-refractivity contribution is 7.91. The summed E-state index contributed by atoms with van der Waals surface area (Å²) < 4.78 is 22.5. The van der Waals surface area contributed by atoms with Crippen LogP contribution in [0.5, 0.6) is 0 Å². The topological polar surface area (TPSA) is 46.2 Å². The summed E-state index contributed by atoms with van der Waals surface area (Å²) in [6, 6.07) is 0. The summed E-state index contributed by atoms with van der Waals surface area (Å²) in [5, 5.41) is 3.48. The van der Waals surface area contributed by atoms with Gasteiger partial charge >= 0.3 is 0 Å². The highest BCUT2D eigenvalue weighted by Crippen LogP contribution is 2.27. The Labute approximate surface area is 104 Å². The number of sulfone groups is 1. The molecule has 0 aromatic rings. The van der Waals surface area contributed by atoms with Crippen LogP contribution in [-0.4, -0.2) is 38.4 Å². The van der Waals surface area contributed by atoms with Gasteiger partial charge in [-0.1, -0.05) is 19.8 Å². The van der Waals surface area contributed by atoms with E-state index in [1.54, 1.807) is 6.92 Å². The van der Waals surface area contributed by atoms with Gasteiger partial charge in [0.2, 0.25) is 0 Å². The molecular formula is C11H22ClNO2S. The fraction of sp³-hybridized carbons (Fsp3) is 1.00. The van der Waals surface area contributed by atoms with E-state index in [-0.39, 0.29) is 16.9 Å². The molecule has 0 spiro atoms. The molecule has 1 rings (SSSR count). The van der Waals surface area contributed by atoms with Crippen LogP contribution in [0.4, 0.5) is 0 Å². The van der Waals surface area contributed by atoms with Crippen molar-refractivity contribution >= 4 is 21.4 Å². The first kappa shape index (κ1) is 14.3. The number of halogens is 1. The number of hydrogen-bond donors (Lipinski definition) is 1. The molecule has 1 aliphatic rings. The van der Waals surface area contributed by atoms with E-state index in [0.717, 1.165) is 13.0 Å². The van der Waals surface area contributed by atoms with Crippen molar-refractivity contribution in [1.82, 2.24) is 5.32 Å².